The summed E-state index contributed by atoms with van der Waals surface area (Å²) < 4.78 is 20.7. The van der Waals surface area contributed by atoms with Crippen molar-refractivity contribution in [3.05, 3.63) is 0 Å². The first kappa shape index (κ1) is 19.8. The highest BCUT2D eigenvalue weighted by Crippen LogP contribution is 2.25. The normalized spacial score (nSPS) is 15.1. The number of hydrogen-bond donors (Lipinski definition) is 0. The van der Waals surface area contributed by atoms with Crippen LogP contribution < -0.4 is 0 Å². The van der Waals surface area contributed by atoms with Crippen LogP contribution in [0.15, 0.2) is 0 Å². The van der Waals surface area contributed by atoms with Crippen molar-refractivity contribution in [1.29, 1.82) is 0 Å². The van der Waals surface area contributed by atoms with Crippen LogP contribution in [0.2, 0.25) is 0 Å². The molecule has 16 heavy (non-hydrogen) atoms. The summed E-state index contributed by atoms with van der Waals surface area (Å²) in [6, 6.07) is 0. The second kappa shape index (κ2) is 12.9. The van der Waals surface area contributed by atoms with Gasteiger partial charge in [0, 0.05) is 19.0 Å². The monoisotopic (exact) mass is 443 g/mol. The fraction of sp³-hybridized carbons (Fsp3) is 1.00. The number of rotatable bonds is 6. The van der Waals surface area contributed by atoms with Crippen LogP contribution in [0.5, 0.6) is 0 Å². The largest absolute Gasteiger partial charge is 0.697 e. The zero-order chi connectivity index (χ0) is 13.1. The molecule has 0 bridgehead atoms. The summed E-state index contributed by atoms with van der Waals surface area (Å²) in [6.45, 7) is 8.78. The third-order valence-corrected chi connectivity index (χ3v) is 2.07. The van der Waals surface area contributed by atoms with Crippen molar-refractivity contribution >= 4 is 56.0 Å². The van der Waals surface area contributed by atoms with Crippen LogP contribution in [0.4, 0.5) is 0 Å². The summed E-state index contributed by atoms with van der Waals surface area (Å²) in [5.74, 6) is 0. The molecule has 0 rings (SSSR count). The van der Waals surface area contributed by atoms with Gasteiger partial charge in [-0.05, 0) is 0 Å². The molecule has 0 aromatic heterocycles. The quantitative estimate of drug-likeness (QED) is 0.424. The molecule has 2 unspecified atom stereocenters. The van der Waals surface area contributed by atoms with Crippen molar-refractivity contribution in [2.24, 2.45) is 0 Å². The first-order valence-corrected chi connectivity index (χ1v) is 8.75. The molecular weight excluding hydrogens is 427 g/mol. The molecule has 0 spiro atoms. The molecule has 2 atom stereocenters. The van der Waals surface area contributed by atoms with E-state index >= 15 is 0 Å². The third-order valence-electron chi connectivity index (χ3n) is 0.819. The molecule has 7 heteroatoms. The van der Waals surface area contributed by atoms with Crippen LogP contribution in [0.25, 0.3) is 0 Å². The minimum atomic E-state index is -1.96. The molecular formula is C9H19Br3O3P+. The van der Waals surface area contributed by atoms with E-state index in [0.717, 1.165) is 0 Å². The van der Waals surface area contributed by atoms with Gasteiger partial charge in [0.2, 0.25) is 0 Å². The minimum absolute atomic E-state index is 0.196. The average Bonchev–Trinajstić information content (AvgIpc) is 2.10. The molecule has 0 aromatic rings. The molecule has 0 N–H and O–H groups in total. The van der Waals surface area contributed by atoms with Gasteiger partial charge in [0.25, 0.3) is 0 Å². The molecule has 0 saturated carbocycles. The fourth-order valence-electron chi connectivity index (χ4n) is 0.364. The third kappa shape index (κ3) is 24.6. The summed E-state index contributed by atoms with van der Waals surface area (Å²) in [6.07, 6.45) is 0. The van der Waals surface area contributed by atoms with Gasteiger partial charge in [0.1, 0.15) is 13.2 Å². The SMILES string of the molecule is CC(Br)CO[P+](=O)OCC(C)Br.CC(C)Br. The van der Waals surface area contributed by atoms with Gasteiger partial charge in [0.15, 0.2) is 0 Å². The number of hydrogen-bond acceptors (Lipinski definition) is 3. The molecule has 0 aliphatic heterocycles. The van der Waals surface area contributed by atoms with Crippen molar-refractivity contribution in [2.45, 2.75) is 42.2 Å². The van der Waals surface area contributed by atoms with Crippen LogP contribution >= 0.6 is 56.0 Å². The second-order valence-electron chi connectivity index (χ2n) is 3.39. The van der Waals surface area contributed by atoms with E-state index < -0.39 is 8.25 Å². The average molecular weight is 446 g/mol. The molecule has 0 fully saturated rings. The van der Waals surface area contributed by atoms with E-state index in [2.05, 4.69) is 61.6 Å². The first-order chi connectivity index (χ1) is 7.25. The summed E-state index contributed by atoms with van der Waals surface area (Å²) in [7, 11) is -1.96. The topological polar surface area (TPSA) is 35.5 Å². The molecule has 0 heterocycles. The van der Waals surface area contributed by atoms with E-state index in [0.29, 0.717) is 18.0 Å². The minimum Gasteiger partial charge on any atom is -0.118 e. The highest BCUT2D eigenvalue weighted by Gasteiger charge is 2.21. The van der Waals surface area contributed by atoms with Crippen LogP contribution in [0.3, 0.4) is 0 Å². The maximum absolute atomic E-state index is 10.9. The zero-order valence-electron chi connectivity index (χ0n) is 9.95. The van der Waals surface area contributed by atoms with Crippen molar-refractivity contribution in [1.82, 2.24) is 0 Å². The zero-order valence-corrected chi connectivity index (χ0v) is 15.6. The van der Waals surface area contributed by atoms with Gasteiger partial charge in [-0.25, -0.2) is 0 Å². The van der Waals surface area contributed by atoms with E-state index in [1.54, 1.807) is 0 Å². The van der Waals surface area contributed by atoms with Crippen LogP contribution in [-0.4, -0.2) is 27.7 Å². The van der Waals surface area contributed by atoms with Crippen molar-refractivity contribution < 1.29 is 13.6 Å². The fourth-order valence-corrected chi connectivity index (χ4v) is 1.80. The Hall–Kier alpha value is 1.46. The Morgan fingerprint density at radius 3 is 1.38 bits per heavy atom. The van der Waals surface area contributed by atoms with Crippen molar-refractivity contribution in [3.8, 4) is 0 Å². The lowest BCUT2D eigenvalue weighted by Crippen LogP contribution is -2.03. The van der Waals surface area contributed by atoms with Gasteiger partial charge in [-0.1, -0.05) is 75.5 Å². The molecule has 0 saturated heterocycles. The molecule has 0 radical (unpaired) electrons. The maximum Gasteiger partial charge on any atom is 0.697 e. The Bertz CT molecular complexity index is 161. The first-order valence-electron chi connectivity index (χ1n) is 4.91. The Morgan fingerprint density at radius 1 is 0.938 bits per heavy atom. The lowest BCUT2D eigenvalue weighted by atomic mass is 10.5. The van der Waals surface area contributed by atoms with Crippen molar-refractivity contribution in [3.63, 3.8) is 0 Å². The molecule has 0 aromatic carbocycles. The van der Waals surface area contributed by atoms with E-state index in [1.807, 2.05) is 13.8 Å². The highest BCUT2D eigenvalue weighted by atomic mass is 79.9. The molecule has 3 nitrogen and oxygen atoms in total. The van der Waals surface area contributed by atoms with Crippen LogP contribution in [0, 0.1) is 0 Å². The molecule has 0 aliphatic rings. The Balaban J connectivity index is 0. The van der Waals surface area contributed by atoms with Crippen molar-refractivity contribution in [2.75, 3.05) is 13.2 Å². The predicted molar refractivity (Wildman–Crippen MR) is 80.4 cm³/mol. The van der Waals surface area contributed by atoms with E-state index in [4.69, 9.17) is 9.05 Å². The van der Waals surface area contributed by atoms with Crippen LogP contribution in [0.1, 0.15) is 27.7 Å². The van der Waals surface area contributed by atoms with Gasteiger partial charge in [-0.3, -0.25) is 0 Å². The Kier molecular flexibility index (Phi) is 16.0. The number of halogens is 3. The molecule has 0 amide bonds. The lowest BCUT2D eigenvalue weighted by molar-refractivity contribution is 0.231. The van der Waals surface area contributed by atoms with Gasteiger partial charge in [-0.2, -0.15) is 0 Å². The number of alkyl halides is 3. The van der Waals surface area contributed by atoms with Crippen LogP contribution in [-0.2, 0) is 13.6 Å². The summed E-state index contributed by atoms with van der Waals surface area (Å²) in [5, 5.41) is 0. The van der Waals surface area contributed by atoms with Gasteiger partial charge in [0.05, 0.1) is 0 Å². The molecule has 98 valence electrons. The summed E-state index contributed by atoms with van der Waals surface area (Å²) in [5.41, 5.74) is 0. The highest BCUT2D eigenvalue weighted by molar-refractivity contribution is 9.10. The second-order valence-corrected chi connectivity index (χ2v) is 9.31. The van der Waals surface area contributed by atoms with Gasteiger partial charge in [-0.15, -0.1) is 9.05 Å². The smallest absolute Gasteiger partial charge is 0.118 e. The Morgan fingerprint density at radius 2 is 1.19 bits per heavy atom. The van der Waals surface area contributed by atoms with E-state index in [1.165, 1.54) is 0 Å². The lowest BCUT2D eigenvalue weighted by Gasteiger charge is -1.95. The standard InChI is InChI=1S/C6H12Br2O3P.C3H7Br/c1-5(7)3-10-12(9)11-4-6(2)8;1-3(2)4/h5-6H,3-4H2,1-2H3;3H,1-2H3/q+1;. The van der Waals surface area contributed by atoms with E-state index in [-0.39, 0.29) is 9.65 Å². The Labute approximate surface area is 124 Å². The van der Waals surface area contributed by atoms with Gasteiger partial charge >= 0.3 is 8.25 Å². The summed E-state index contributed by atoms with van der Waals surface area (Å²) >= 11 is 9.80. The van der Waals surface area contributed by atoms with Gasteiger partial charge < -0.3 is 0 Å². The maximum atomic E-state index is 10.9. The summed E-state index contributed by atoms with van der Waals surface area (Å²) in [4.78, 5) is 1.04. The predicted octanol–water partition coefficient (Wildman–Crippen LogP) is 5.03. The van der Waals surface area contributed by atoms with E-state index in [9.17, 15) is 4.57 Å². The molecule has 0 aliphatic carbocycles.